The summed E-state index contributed by atoms with van der Waals surface area (Å²) in [4.78, 5) is 22.7. The van der Waals surface area contributed by atoms with Crippen LogP contribution in [0.4, 0.5) is 5.69 Å². The molecule has 0 spiro atoms. The first-order valence-corrected chi connectivity index (χ1v) is 10.9. The molecular formula is C23H21N3O5S. The SMILES string of the molecule is NC(=O)c1cc(C=Cc2ccc(CC(=O)O)cc2)cc(-c2ccc(S(N)(=O)=O)cc2)c1N. The van der Waals surface area contributed by atoms with E-state index in [2.05, 4.69) is 0 Å². The van der Waals surface area contributed by atoms with Crippen molar-refractivity contribution >= 4 is 39.7 Å². The minimum absolute atomic E-state index is 0.0441. The summed E-state index contributed by atoms with van der Waals surface area (Å²) in [6, 6.07) is 16.1. The van der Waals surface area contributed by atoms with Crippen LogP contribution in [0.2, 0.25) is 0 Å². The van der Waals surface area contributed by atoms with Crippen LogP contribution in [-0.2, 0) is 21.2 Å². The lowest BCUT2D eigenvalue weighted by Crippen LogP contribution is -2.14. The number of benzene rings is 3. The van der Waals surface area contributed by atoms with Gasteiger partial charge >= 0.3 is 5.97 Å². The average molecular weight is 452 g/mol. The molecule has 32 heavy (non-hydrogen) atoms. The molecule has 0 aromatic heterocycles. The van der Waals surface area contributed by atoms with E-state index in [0.29, 0.717) is 22.3 Å². The van der Waals surface area contributed by atoms with Crippen molar-refractivity contribution in [2.75, 3.05) is 5.73 Å². The Morgan fingerprint density at radius 2 is 1.50 bits per heavy atom. The molecule has 7 N–H and O–H groups in total. The Bertz CT molecular complexity index is 1310. The van der Waals surface area contributed by atoms with Gasteiger partial charge in [0.1, 0.15) is 0 Å². The van der Waals surface area contributed by atoms with Crippen LogP contribution in [0.5, 0.6) is 0 Å². The van der Waals surface area contributed by atoms with Crippen molar-refractivity contribution < 1.29 is 23.1 Å². The third-order valence-corrected chi connectivity index (χ3v) is 5.69. The normalized spacial score (nSPS) is 11.5. The van der Waals surface area contributed by atoms with Gasteiger partial charge < -0.3 is 16.6 Å². The molecular weight excluding hydrogens is 430 g/mol. The number of primary sulfonamides is 1. The van der Waals surface area contributed by atoms with Crippen molar-refractivity contribution in [2.24, 2.45) is 10.9 Å². The van der Waals surface area contributed by atoms with Crippen molar-refractivity contribution in [1.82, 2.24) is 0 Å². The largest absolute Gasteiger partial charge is 0.481 e. The zero-order valence-electron chi connectivity index (χ0n) is 16.9. The lowest BCUT2D eigenvalue weighted by molar-refractivity contribution is -0.136. The van der Waals surface area contributed by atoms with Crippen molar-refractivity contribution in [3.63, 3.8) is 0 Å². The second kappa shape index (κ2) is 9.04. The van der Waals surface area contributed by atoms with Gasteiger partial charge in [0.2, 0.25) is 10.0 Å². The summed E-state index contributed by atoms with van der Waals surface area (Å²) < 4.78 is 23.0. The Morgan fingerprint density at radius 1 is 0.906 bits per heavy atom. The minimum Gasteiger partial charge on any atom is -0.481 e. The van der Waals surface area contributed by atoms with E-state index in [1.807, 2.05) is 0 Å². The number of nitrogen functional groups attached to an aromatic ring is 1. The number of carbonyl (C=O) groups excluding carboxylic acids is 1. The quantitative estimate of drug-likeness (QED) is 0.318. The summed E-state index contributed by atoms with van der Waals surface area (Å²) in [5.74, 6) is -1.60. The highest BCUT2D eigenvalue weighted by molar-refractivity contribution is 7.89. The molecule has 8 nitrogen and oxygen atoms in total. The maximum atomic E-state index is 11.9. The van der Waals surface area contributed by atoms with Crippen LogP contribution in [0.3, 0.4) is 0 Å². The summed E-state index contributed by atoms with van der Waals surface area (Å²) in [7, 11) is -3.84. The van der Waals surface area contributed by atoms with E-state index in [0.717, 1.165) is 5.56 Å². The van der Waals surface area contributed by atoms with Crippen LogP contribution in [-0.4, -0.2) is 25.4 Å². The molecule has 3 aromatic rings. The predicted molar refractivity (Wildman–Crippen MR) is 123 cm³/mol. The summed E-state index contributed by atoms with van der Waals surface area (Å²) in [5.41, 5.74) is 15.2. The first kappa shape index (κ1) is 22.7. The molecule has 0 saturated heterocycles. The third-order valence-electron chi connectivity index (χ3n) is 4.76. The number of nitrogens with two attached hydrogens (primary N) is 3. The van der Waals surface area contributed by atoms with Crippen LogP contribution in [0.15, 0.2) is 65.6 Å². The lowest BCUT2D eigenvalue weighted by atomic mass is 9.96. The number of anilines is 1. The fraction of sp³-hybridized carbons (Fsp3) is 0.0435. The predicted octanol–water partition coefficient (Wildman–Crippen LogP) is 2.48. The molecule has 0 aliphatic heterocycles. The number of primary amides is 1. The van der Waals surface area contributed by atoms with Gasteiger partial charge in [0.15, 0.2) is 0 Å². The van der Waals surface area contributed by atoms with E-state index >= 15 is 0 Å². The molecule has 1 amide bonds. The topological polar surface area (TPSA) is 167 Å². The number of rotatable bonds is 7. The molecule has 0 fully saturated rings. The van der Waals surface area contributed by atoms with Gasteiger partial charge in [-0.2, -0.15) is 0 Å². The van der Waals surface area contributed by atoms with E-state index in [1.165, 1.54) is 12.1 Å². The molecule has 164 valence electrons. The average Bonchev–Trinajstić information content (AvgIpc) is 2.73. The van der Waals surface area contributed by atoms with Gasteiger partial charge in [-0.15, -0.1) is 0 Å². The van der Waals surface area contributed by atoms with E-state index in [9.17, 15) is 18.0 Å². The van der Waals surface area contributed by atoms with Crippen molar-refractivity contribution in [3.8, 4) is 11.1 Å². The molecule has 0 atom stereocenters. The molecule has 0 saturated carbocycles. The van der Waals surface area contributed by atoms with E-state index in [1.54, 1.807) is 60.7 Å². The Labute approximate surface area is 185 Å². The zero-order valence-corrected chi connectivity index (χ0v) is 17.7. The van der Waals surface area contributed by atoms with Crippen molar-refractivity contribution in [2.45, 2.75) is 11.3 Å². The number of hydrogen-bond donors (Lipinski definition) is 4. The number of amides is 1. The summed E-state index contributed by atoms with van der Waals surface area (Å²) in [6.07, 6.45) is 3.51. The number of carboxylic acid groups (broad SMARTS) is 1. The molecule has 0 aliphatic rings. The number of carbonyl (C=O) groups is 2. The zero-order chi connectivity index (χ0) is 23.5. The van der Waals surface area contributed by atoms with Crippen LogP contribution in [0.25, 0.3) is 23.3 Å². The smallest absolute Gasteiger partial charge is 0.307 e. The summed E-state index contributed by atoms with van der Waals surface area (Å²) in [6.45, 7) is 0. The third kappa shape index (κ3) is 5.39. The van der Waals surface area contributed by atoms with Crippen molar-refractivity contribution in [1.29, 1.82) is 0 Å². The fourth-order valence-electron chi connectivity index (χ4n) is 3.15. The van der Waals surface area contributed by atoms with Gasteiger partial charge in [0, 0.05) is 5.56 Å². The first-order valence-electron chi connectivity index (χ1n) is 9.40. The Balaban J connectivity index is 1.98. The van der Waals surface area contributed by atoms with Crippen molar-refractivity contribution in [3.05, 3.63) is 82.9 Å². The van der Waals surface area contributed by atoms with Gasteiger partial charge in [0.25, 0.3) is 5.91 Å². The van der Waals surface area contributed by atoms with Crippen LogP contribution >= 0.6 is 0 Å². The van der Waals surface area contributed by atoms with Gasteiger partial charge in [-0.1, -0.05) is 48.6 Å². The summed E-state index contributed by atoms with van der Waals surface area (Å²) >= 11 is 0. The number of hydrogen-bond acceptors (Lipinski definition) is 5. The highest BCUT2D eigenvalue weighted by atomic mass is 32.2. The molecule has 3 rings (SSSR count). The van der Waals surface area contributed by atoms with Gasteiger partial charge in [-0.05, 0) is 46.5 Å². The second-order valence-electron chi connectivity index (χ2n) is 7.11. The minimum atomic E-state index is -3.84. The maximum absolute atomic E-state index is 11.9. The molecule has 9 heteroatoms. The van der Waals surface area contributed by atoms with E-state index < -0.39 is 21.9 Å². The maximum Gasteiger partial charge on any atom is 0.307 e. The first-order chi connectivity index (χ1) is 15.0. The van der Waals surface area contributed by atoms with Gasteiger partial charge in [0.05, 0.1) is 22.6 Å². The number of aliphatic carboxylic acids is 1. The standard InChI is InChI=1S/C23H21N3O5S/c24-22-19(17-7-9-18(10-8-17)32(26,30)31)11-16(12-20(22)23(25)29)6-3-14-1-4-15(5-2-14)13-21(27)28/h1-12H,13,24H2,(H2,25,29)(H,27,28)(H2,26,30,31). The Morgan fingerprint density at radius 3 is 2.03 bits per heavy atom. The van der Waals surface area contributed by atoms with E-state index in [4.69, 9.17) is 21.7 Å². The highest BCUT2D eigenvalue weighted by Crippen LogP contribution is 2.31. The fourth-order valence-corrected chi connectivity index (χ4v) is 3.67. The second-order valence-corrected chi connectivity index (χ2v) is 8.67. The molecule has 3 aromatic carbocycles. The monoisotopic (exact) mass is 451 g/mol. The molecule has 0 aliphatic carbocycles. The Hall–Kier alpha value is -3.95. The molecule has 0 heterocycles. The lowest BCUT2D eigenvalue weighted by Gasteiger charge is -2.12. The van der Waals surface area contributed by atoms with E-state index in [-0.39, 0.29) is 22.6 Å². The summed E-state index contributed by atoms with van der Waals surface area (Å²) in [5, 5.41) is 14.0. The van der Waals surface area contributed by atoms with Gasteiger partial charge in [-0.25, -0.2) is 13.6 Å². The van der Waals surface area contributed by atoms with Crippen LogP contribution in [0, 0.1) is 0 Å². The molecule has 0 bridgehead atoms. The number of sulfonamides is 1. The number of carboxylic acids is 1. The Kier molecular flexibility index (Phi) is 6.42. The van der Waals surface area contributed by atoms with Crippen LogP contribution < -0.4 is 16.6 Å². The highest BCUT2D eigenvalue weighted by Gasteiger charge is 2.14. The molecule has 0 radical (unpaired) electrons. The molecule has 0 unspecified atom stereocenters. The van der Waals surface area contributed by atoms with Crippen LogP contribution in [0.1, 0.15) is 27.0 Å². The van der Waals surface area contributed by atoms with Gasteiger partial charge in [-0.3, -0.25) is 9.59 Å².